The van der Waals surface area contributed by atoms with Crippen LogP contribution in [0.25, 0.3) is 16.8 Å². The molecule has 3 aromatic rings. The summed E-state index contributed by atoms with van der Waals surface area (Å²) in [5.41, 5.74) is 2.54. The number of aromatic nitrogens is 5. The molecule has 3 aromatic heterocycles. The largest absolute Gasteiger partial charge is 0.351 e. The third kappa shape index (κ3) is 1.95. The van der Waals surface area contributed by atoms with Crippen LogP contribution in [0, 0.1) is 11.3 Å². The van der Waals surface area contributed by atoms with E-state index in [-0.39, 0.29) is 0 Å². The van der Waals surface area contributed by atoms with Crippen molar-refractivity contribution in [2.75, 3.05) is 38.1 Å². The van der Waals surface area contributed by atoms with Crippen molar-refractivity contribution in [3.63, 3.8) is 0 Å². The standard InChI is InChI=1S/C14H14N8/c1-20-2-4-21(5-3-20)13-14-19-17-9-22(14)11-6-10(7-15)8-16-12(11)18-13/h6,8-9H,2-5H2,1H3. The highest BCUT2D eigenvalue weighted by Gasteiger charge is 2.20. The third-order valence-electron chi connectivity index (χ3n) is 4.00. The lowest BCUT2D eigenvalue weighted by Gasteiger charge is -2.33. The number of nitriles is 1. The first-order valence-corrected chi connectivity index (χ1v) is 7.09. The van der Waals surface area contributed by atoms with Crippen LogP contribution < -0.4 is 4.90 Å². The van der Waals surface area contributed by atoms with Gasteiger partial charge in [0.25, 0.3) is 0 Å². The zero-order valence-corrected chi connectivity index (χ0v) is 12.1. The molecule has 4 rings (SSSR count). The Hall–Kier alpha value is -2.79. The molecule has 0 atom stereocenters. The zero-order chi connectivity index (χ0) is 15.1. The second-order valence-corrected chi connectivity index (χ2v) is 5.43. The summed E-state index contributed by atoms with van der Waals surface area (Å²) in [4.78, 5) is 13.5. The van der Waals surface area contributed by atoms with E-state index in [1.807, 2.05) is 4.40 Å². The van der Waals surface area contributed by atoms with E-state index in [2.05, 4.69) is 43.1 Å². The van der Waals surface area contributed by atoms with E-state index < -0.39 is 0 Å². The van der Waals surface area contributed by atoms with Crippen LogP contribution >= 0.6 is 0 Å². The Morgan fingerprint density at radius 3 is 2.82 bits per heavy atom. The molecule has 0 N–H and O–H groups in total. The highest BCUT2D eigenvalue weighted by Crippen LogP contribution is 2.23. The molecule has 22 heavy (non-hydrogen) atoms. The summed E-state index contributed by atoms with van der Waals surface area (Å²) in [5, 5.41) is 17.2. The van der Waals surface area contributed by atoms with E-state index in [0.717, 1.165) is 37.5 Å². The van der Waals surface area contributed by atoms with Gasteiger partial charge in [0.2, 0.25) is 5.65 Å². The van der Waals surface area contributed by atoms with Crippen LogP contribution in [0.1, 0.15) is 5.56 Å². The molecule has 0 aliphatic carbocycles. The fraction of sp³-hybridized carbons (Fsp3) is 0.357. The summed E-state index contributed by atoms with van der Waals surface area (Å²) >= 11 is 0. The monoisotopic (exact) mass is 294 g/mol. The molecule has 0 unspecified atom stereocenters. The van der Waals surface area contributed by atoms with Crippen LogP contribution in [0.4, 0.5) is 5.82 Å². The van der Waals surface area contributed by atoms with E-state index in [9.17, 15) is 0 Å². The second kappa shape index (κ2) is 4.89. The molecular formula is C14H14N8. The van der Waals surface area contributed by atoms with Gasteiger partial charge in [0.15, 0.2) is 11.5 Å². The first-order chi connectivity index (χ1) is 10.8. The number of piperazine rings is 1. The van der Waals surface area contributed by atoms with Crippen molar-refractivity contribution in [3.8, 4) is 6.07 Å². The second-order valence-electron chi connectivity index (χ2n) is 5.43. The molecule has 110 valence electrons. The van der Waals surface area contributed by atoms with Crippen molar-refractivity contribution in [1.29, 1.82) is 5.26 Å². The molecule has 0 aromatic carbocycles. The van der Waals surface area contributed by atoms with Crippen LogP contribution in [0.5, 0.6) is 0 Å². The summed E-state index contributed by atoms with van der Waals surface area (Å²) in [6.07, 6.45) is 3.18. The van der Waals surface area contributed by atoms with Gasteiger partial charge in [-0.1, -0.05) is 0 Å². The molecular weight excluding hydrogens is 280 g/mol. The minimum Gasteiger partial charge on any atom is -0.351 e. The van der Waals surface area contributed by atoms with Gasteiger partial charge in [0, 0.05) is 32.4 Å². The van der Waals surface area contributed by atoms with Gasteiger partial charge in [-0.05, 0) is 13.1 Å². The van der Waals surface area contributed by atoms with Crippen molar-refractivity contribution >= 4 is 22.6 Å². The predicted molar refractivity (Wildman–Crippen MR) is 80.5 cm³/mol. The Bertz CT molecular complexity index is 885. The van der Waals surface area contributed by atoms with Crippen molar-refractivity contribution in [1.82, 2.24) is 29.5 Å². The number of fused-ring (bicyclic) bond motifs is 3. The highest BCUT2D eigenvalue weighted by atomic mass is 15.3. The maximum Gasteiger partial charge on any atom is 0.204 e. The molecule has 8 heteroatoms. The molecule has 8 nitrogen and oxygen atoms in total. The SMILES string of the molecule is CN1CCN(c2nc3ncc(C#N)cc3n3cnnc23)CC1. The van der Waals surface area contributed by atoms with Gasteiger partial charge in [-0.15, -0.1) is 10.2 Å². The Morgan fingerprint density at radius 2 is 2.05 bits per heavy atom. The van der Waals surface area contributed by atoms with Crippen LogP contribution in [-0.2, 0) is 0 Å². The fourth-order valence-corrected chi connectivity index (χ4v) is 2.71. The molecule has 0 spiro atoms. The Labute approximate surface area is 126 Å². The van der Waals surface area contributed by atoms with Crippen LogP contribution in [0.3, 0.4) is 0 Å². The molecule has 1 aliphatic heterocycles. The Kier molecular flexibility index (Phi) is 2.87. The minimum absolute atomic E-state index is 0.497. The van der Waals surface area contributed by atoms with Crippen molar-refractivity contribution in [2.45, 2.75) is 0 Å². The molecule has 0 saturated carbocycles. The summed E-state index contributed by atoms with van der Waals surface area (Å²) in [7, 11) is 2.11. The van der Waals surface area contributed by atoms with Crippen molar-refractivity contribution < 1.29 is 0 Å². The van der Waals surface area contributed by atoms with Gasteiger partial charge in [0.1, 0.15) is 12.4 Å². The van der Waals surface area contributed by atoms with Gasteiger partial charge < -0.3 is 9.80 Å². The molecule has 0 amide bonds. The summed E-state index contributed by atoms with van der Waals surface area (Å²) in [6.45, 7) is 3.77. The van der Waals surface area contributed by atoms with Gasteiger partial charge >= 0.3 is 0 Å². The Morgan fingerprint density at radius 1 is 1.23 bits per heavy atom. The van der Waals surface area contributed by atoms with Crippen molar-refractivity contribution in [3.05, 3.63) is 24.2 Å². The van der Waals surface area contributed by atoms with Gasteiger partial charge in [-0.2, -0.15) is 5.26 Å². The van der Waals surface area contributed by atoms with E-state index in [0.29, 0.717) is 16.9 Å². The number of hydrogen-bond acceptors (Lipinski definition) is 7. The zero-order valence-electron chi connectivity index (χ0n) is 12.1. The summed E-state index contributed by atoms with van der Waals surface area (Å²) in [6, 6.07) is 3.86. The van der Waals surface area contributed by atoms with Crippen LogP contribution in [-0.4, -0.2) is 62.7 Å². The third-order valence-corrected chi connectivity index (χ3v) is 4.00. The molecule has 1 saturated heterocycles. The van der Waals surface area contributed by atoms with E-state index in [4.69, 9.17) is 5.26 Å². The lowest BCUT2D eigenvalue weighted by molar-refractivity contribution is 0.312. The number of likely N-dealkylation sites (N-methyl/N-ethyl adjacent to an activating group) is 1. The topological polar surface area (TPSA) is 86.2 Å². The van der Waals surface area contributed by atoms with E-state index in [1.54, 1.807) is 18.6 Å². The number of rotatable bonds is 1. The summed E-state index contributed by atoms with van der Waals surface area (Å²) in [5.74, 6) is 0.801. The smallest absolute Gasteiger partial charge is 0.204 e. The molecule has 0 radical (unpaired) electrons. The number of anilines is 1. The molecule has 0 bridgehead atoms. The number of pyridine rings is 1. The fourth-order valence-electron chi connectivity index (χ4n) is 2.71. The quantitative estimate of drug-likeness (QED) is 0.637. The maximum absolute atomic E-state index is 9.04. The number of hydrogen-bond donors (Lipinski definition) is 0. The molecule has 1 fully saturated rings. The van der Waals surface area contributed by atoms with Crippen molar-refractivity contribution in [2.24, 2.45) is 0 Å². The van der Waals surface area contributed by atoms with E-state index >= 15 is 0 Å². The normalized spacial score (nSPS) is 16.3. The first-order valence-electron chi connectivity index (χ1n) is 7.09. The lowest BCUT2D eigenvalue weighted by Crippen LogP contribution is -2.45. The van der Waals surface area contributed by atoms with E-state index in [1.165, 1.54) is 0 Å². The summed E-state index contributed by atoms with van der Waals surface area (Å²) < 4.78 is 1.85. The average Bonchev–Trinajstić information content (AvgIpc) is 3.04. The van der Waals surface area contributed by atoms with Gasteiger partial charge in [0.05, 0.1) is 11.1 Å². The highest BCUT2D eigenvalue weighted by molar-refractivity contribution is 5.81. The molecule has 1 aliphatic rings. The van der Waals surface area contributed by atoms with Gasteiger partial charge in [-0.25, -0.2) is 9.97 Å². The minimum atomic E-state index is 0.497. The predicted octanol–water partition coefficient (Wildman–Crippen LogP) is 0.296. The maximum atomic E-state index is 9.04. The number of nitrogens with zero attached hydrogens (tertiary/aromatic N) is 8. The Balaban J connectivity index is 1.91. The first kappa shape index (κ1) is 12.9. The van der Waals surface area contributed by atoms with Crippen LogP contribution in [0.15, 0.2) is 18.6 Å². The molecule has 4 heterocycles. The van der Waals surface area contributed by atoms with Crippen LogP contribution in [0.2, 0.25) is 0 Å². The average molecular weight is 294 g/mol. The van der Waals surface area contributed by atoms with Gasteiger partial charge in [-0.3, -0.25) is 4.40 Å². The lowest BCUT2D eigenvalue weighted by atomic mass is 10.3.